The molecular weight excluding hydrogens is 384 g/mol. The Morgan fingerprint density at radius 2 is 1.93 bits per heavy atom. The molecule has 0 aliphatic carbocycles. The van der Waals surface area contributed by atoms with Crippen molar-refractivity contribution in [1.82, 2.24) is 5.32 Å². The van der Waals surface area contributed by atoms with E-state index in [4.69, 9.17) is 16.3 Å². The molecule has 0 spiro atoms. The van der Waals surface area contributed by atoms with E-state index >= 15 is 0 Å². The maximum absolute atomic E-state index is 12.3. The second-order valence-electron chi connectivity index (χ2n) is 5.87. The topological polar surface area (TPSA) is 67.4 Å². The zero-order valence-corrected chi connectivity index (χ0v) is 16.1. The molecule has 0 saturated carbocycles. The van der Waals surface area contributed by atoms with Crippen molar-refractivity contribution in [2.24, 2.45) is 0 Å². The Morgan fingerprint density at radius 3 is 2.67 bits per heavy atom. The van der Waals surface area contributed by atoms with Crippen molar-refractivity contribution in [3.63, 3.8) is 0 Å². The van der Waals surface area contributed by atoms with Crippen molar-refractivity contribution < 1.29 is 14.3 Å². The average molecular weight is 403 g/mol. The van der Waals surface area contributed by atoms with E-state index in [0.717, 1.165) is 11.3 Å². The molecule has 0 saturated heterocycles. The largest absolute Gasteiger partial charge is 0.487 e. The monoisotopic (exact) mass is 402 g/mol. The van der Waals surface area contributed by atoms with Crippen LogP contribution in [0, 0.1) is 0 Å². The van der Waals surface area contributed by atoms with E-state index in [2.05, 4.69) is 10.6 Å². The van der Waals surface area contributed by atoms with Gasteiger partial charge in [-0.05, 0) is 42.3 Å². The van der Waals surface area contributed by atoms with Gasteiger partial charge in [0, 0.05) is 34.0 Å². The molecule has 5 nitrogen and oxygen atoms in total. The van der Waals surface area contributed by atoms with Crippen LogP contribution in [-0.4, -0.2) is 30.7 Å². The molecule has 2 amide bonds. The summed E-state index contributed by atoms with van der Waals surface area (Å²) in [4.78, 5) is 24.5. The third kappa shape index (κ3) is 5.77. The fourth-order valence-corrected chi connectivity index (χ4v) is 3.24. The first-order valence-electron chi connectivity index (χ1n) is 8.50. The molecule has 3 rings (SSSR count). The molecule has 27 heavy (non-hydrogen) atoms. The van der Waals surface area contributed by atoms with Gasteiger partial charge in [-0.2, -0.15) is 0 Å². The molecule has 0 radical (unpaired) electrons. The van der Waals surface area contributed by atoms with Crippen LogP contribution in [0.15, 0.2) is 59.7 Å². The summed E-state index contributed by atoms with van der Waals surface area (Å²) in [5.41, 5.74) is 2.13. The zero-order chi connectivity index (χ0) is 19.1. The number of thioether (sulfide) groups is 1. The van der Waals surface area contributed by atoms with Crippen molar-refractivity contribution in [2.45, 2.75) is 6.42 Å². The molecule has 2 aromatic carbocycles. The lowest BCUT2D eigenvalue weighted by Crippen LogP contribution is -2.26. The van der Waals surface area contributed by atoms with Crippen LogP contribution >= 0.6 is 23.4 Å². The molecule has 1 aliphatic rings. The molecule has 0 unspecified atom stereocenters. The predicted molar refractivity (Wildman–Crippen MR) is 109 cm³/mol. The van der Waals surface area contributed by atoms with Crippen LogP contribution in [0.25, 0.3) is 0 Å². The quantitative estimate of drug-likeness (QED) is 0.770. The predicted octanol–water partition coefficient (Wildman–Crippen LogP) is 3.86. The molecule has 2 aromatic rings. The van der Waals surface area contributed by atoms with Crippen LogP contribution in [0.4, 0.5) is 5.69 Å². The van der Waals surface area contributed by atoms with Gasteiger partial charge in [0.15, 0.2) is 5.76 Å². The number of halogens is 1. The lowest BCUT2D eigenvalue weighted by atomic mass is 10.1. The van der Waals surface area contributed by atoms with E-state index < -0.39 is 0 Å². The van der Waals surface area contributed by atoms with Gasteiger partial charge in [-0.3, -0.25) is 9.59 Å². The summed E-state index contributed by atoms with van der Waals surface area (Å²) in [6.45, 7) is 1.02. The Balaban J connectivity index is 1.54. The number of amides is 2. The van der Waals surface area contributed by atoms with Gasteiger partial charge in [0.25, 0.3) is 11.8 Å². The second-order valence-corrected chi connectivity index (χ2v) is 7.28. The molecular formula is C20H19ClN2O3S. The van der Waals surface area contributed by atoms with E-state index in [1.54, 1.807) is 29.7 Å². The van der Waals surface area contributed by atoms with Crippen LogP contribution in [0.2, 0.25) is 5.02 Å². The maximum atomic E-state index is 12.3. The number of carbonyl (C=O) groups excluding carboxylic acids is 2. The second kappa shape index (κ2) is 9.48. The third-order valence-corrected chi connectivity index (χ3v) is 4.90. The molecule has 140 valence electrons. The highest BCUT2D eigenvalue weighted by Crippen LogP contribution is 2.18. The summed E-state index contributed by atoms with van der Waals surface area (Å²) in [6.07, 6.45) is 0.711. The minimum absolute atomic E-state index is 0.191. The van der Waals surface area contributed by atoms with Crippen LogP contribution in [0.1, 0.15) is 15.9 Å². The van der Waals surface area contributed by atoms with E-state index in [1.807, 2.05) is 24.3 Å². The first-order valence-corrected chi connectivity index (χ1v) is 9.93. The molecule has 0 aromatic heterocycles. The SMILES string of the molecule is O=C(Nc1cccc(C(=O)NCCc2ccc(Cl)cc2)c1)C1=CSCCO1. The highest BCUT2D eigenvalue weighted by Gasteiger charge is 2.15. The number of hydrogen-bond donors (Lipinski definition) is 2. The van der Waals surface area contributed by atoms with Crippen molar-refractivity contribution in [3.05, 3.63) is 75.8 Å². The maximum Gasteiger partial charge on any atom is 0.291 e. The van der Waals surface area contributed by atoms with E-state index in [0.29, 0.717) is 41.6 Å². The smallest absolute Gasteiger partial charge is 0.291 e. The summed E-state index contributed by atoms with van der Waals surface area (Å²) in [5, 5.41) is 8.03. The number of anilines is 1. The highest BCUT2D eigenvalue weighted by molar-refractivity contribution is 8.02. The summed E-state index contributed by atoms with van der Waals surface area (Å²) >= 11 is 7.40. The first-order chi connectivity index (χ1) is 13.1. The minimum atomic E-state index is -0.317. The van der Waals surface area contributed by atoms with Crippen LogP contribution < -0.4 is 10.6 Å². The number of hydrogen-bond acceptors (Lipinski definition) is 4. The van der Waals surface area contributed by atoms with E-state index in [1.165, 1.54) is 11.8 Å². The van der Waals surface area contributed by atoms with Crippen molar-refractivity contribution >= 4 is 40.9 Å². The normalized spacial score (nSPS) is 13.3. The summed E-state index contributed by atoms with van der Waals surface area (Å²) in [7, 11) is 0. The lowest BCUT2D eigenvalue weighted by Gasteiger charge is -2.14. The standard InChI is InChI=1S/C20H19ClN2O3S/c21-16-6-4-14(5-7-16)8-9-22-19(24)15-2-1-3-17(12-15)23-20(25)18-13-27-11-10-26-18/h1-7,12-13H,8-11H2,(H,22,24)(H,23,25). The zero-order valence-electron chi connectivity index (χ0n) is 14.5. The number of benzene rings is 2. The molecule has 0 fully saturated rings. The van der Waals surface area contributed by atoms with Crippen LogP contribution in [0.3, 0.4) is 0 Å². The fourth-order valence-electron chi connectivity index (χ4n) is 2.49. The molecule has 2 N–H and O–H groups in total. The van der Waals surface area contributed by atoms with Gasteiger partial charge in [-0.1, -0.05) is 29.8 Å². The Hall–Kier alpha value is -2.44. The van der Waals surface area contributed by atoms with Crippen LogP contribution in [-0.2, 0) is 16.0 Å². The molecule has 1 aliphatic heterocycles. The highest BCUT2D eigenvalue weighted by atomic mass is 35.5. The van der Waals surface area contributed by atoms with Gasteiger partial charge in [-0.25, -0.2) is 0 Å². The number of carbonyl (C=O) groups is 2. The summed E-state index contributed by atoms with van der Waals surface area (Å²) in [5.74, 6) is 0.623. The van der Waals surface area contributed by atoms with Crippen molar-refractivity contribution in [2.75, 3.05) is 24.2 Å². The van der Waals surface area contributed by atoms with E-state index in [9.17, 15) is 9.59 Å². The Morgan fingerprint density at radius 1 is 1.11 bits per heavy atom. The van der Waals surface area contributed by atoms with Gasteiger partial charge in [0.2, 0.25) is 0 Å². The van der Waals surface area contributed by atoms with Crippen LogP contribution in [0.5, 0.6) is 0 Å². The molecule has 7 heteroatoms. The minimum Gasteiger partial charge on any atom is -0.487 e. The van der Waals surface area contributed by atoms with Gasteiger partial charge in [-0.15, -0.1) is 11.8 Å². The lowest BCUT2D eigenvalue weighted by molar-refractivity contribution is -0.116. The first kappa shape index (κ1) is 19.3. The Kier molecular flexibility index (Phi) is 6.79. The molecule has 0 bridgehead atoms. The number of rotatable bonds is 6. The number of nitrogens with one attached hydrogen (secondary N) is 2. The van der Waals surface area contributed by atoms with E-state index in [-0.39, 0.29) is 11.8 Å². The Bertz CT molecular complexity index is 853. The average Bonchev–Trinajstić information content (AvgIpc) is 2.70. The van der Waals surface area contributed by atoms with Gasteiger partial charge < -0.3 is 15.4 Å². The van der Waals surface area contributed by atoms with Crippen molar-refractivity contribution in [1.29, 1.82) is 0 Å². The summed E-state index contributed by atoms with van der Waals surface area (Å²) in [6, 6.07) is 14.3. The van der Waals surface area contributed by atoms with Gasteiger partial charge >= 0.3 is 0 Å². The molecule has 0 atom stereocenters. The number of ether oxygens (including phenoxy) is 1. The van der Waals surface area contributed by atoms with Gasteiger partial charge in [0.1, 0.15) is 0 Å². The third-order valence-electron chi connectivity index (χ3n) is 3.87. The van der Waals surface area contributed by atoms with Crippen molar-refractivity contribution in [3.8, 4) is 0 Å². The Labute approximate surface area is 167 Å². The fraction of sp³-hybridized carbons (Fsp3) is 0.200. The van der Waals surface area contributed by atoms with Gasteiger partial charge in [0.05, 0.1) is 6.61 Å². The summed E-state index contributed by atoms with van der Waals surface area (Å²) < 4.78 is 5.33. The molecule has 1 heterocycles.